The number of amides is 2. The van der Waals surface area contributed by atoms with Crippen LogP contribution in [0.15, 0.2) is 9.98 Å². The first-order valence-corrected chi connectivity index (χ1v) is 13.3. The number of nitrogens with one attached hydrogen (secondary N) is 2. The molecule has 2 amide bonds. The fourth-order valence-electron chi connectivity index (χ4n) is 3.24. The summed E-state index contributed by atoms with van der Waals surface area (Å²) in [4.78, 5) is 70.0. The number of nitrogens with two attached hydrogens (primary N) is 5. The van der Waals surface area contributed by atoms with Crippen LogP contribution in [0.4, 0.5) is 0 Å². The Balaban J connectivity index is -0.00000280. The lowest BCUT2D eigenvalue weighted by atomic mass is 10.00. The van der Waals surface area contributed by atoms with Crippen LogP contribution in [0.3, 0.4) is 0 Å². The quantitative estimate of drug-likeness (QED) is 0.0156. The van der Waals surface area contributed by atoms with E-state index in [0.29, 0.717) is 12.8 Å². The molecule has 0 saturated heterocycles. The molecule has 0 aromatic rings. The van der Waals surface area contributed by atoms with Crippen LogP contribution in [-0.2, 0) is 38.2 Å². The second kappa shape index (κ2) is 26.7. The third kappa shape index (κ3) is 20.0. The number of carbonyl (C=O) groups is 5. The number of rotatable bonds is 18. The highest BCUT2D eigenvalue weighted by molar-refractivity contribution is 6.11. The van der Waals surface area contributed by atoms with E-state index in [1.54, 1.807) is 0 Å². The number of carbonyl (C=O) groups excluding carboxylic acids is 5. The van der Waals surface area contributed by atoms with Gasteiger partial charge < -0.3 is 53.5 Å². The highest BCUT2D eigenvalue weighted by Gasteiger charge is 2.49. The maximum Gasteiger partial charge on any atom is 0.356 e. The van der Waals surface area contributed by atoms with Gasteiger partial charge in [0.2, 0.25) is 11.8 Å². The fraction of sp³-hybridized carbons (Fsp3) is 0.640. The van der Waals surface area contributed by atoms with Gasteiger partial charge in [-0.15, -0.1) is 37.2 Å². The van der Waals surface area contributed by atoms with Crippen molar-refractivity contribution >= 4 is 78.9 Å². The smallest absolute Gasteiger partial charge is 0.356 e. The molecule has 0 fully saturated rings. The summed E-state index contributed by atoms with van der Waals surface area (Å²) in [5, 5.41) is 4.75. The normalized spacial score (nSPS) is 11.0. The summed E-state index contributed by atoms with van der Waals surface area (Å²) in [7, 11) is 0. The lowest BCUT2D eigenvalue weighted by Gasteiger charge is -2.24. The minimum Gasteiger partial charge on any atom is -0.463 e. The molecule has 0 aliphatic carbocycles. The summed E-state index contributed by atoms with van der Waals surface area (Å²) in [6.45, 7) is 4.15. The zero-order chi connectivity index (χ0) is 32.1. The molecule has 12 N–H and O–H groups in total. The summed E-state index contributed by atoms with van der Waals surface area (Å²) in [6, 6.07) is -2.02. The minimum atomic E-state index is -2.40. The lowest BCUT2D eigenvalue weighted by molar-refractivity contribution is -0.164. The number of guanidine groups is 2. The van der Waals surface area contributed by atoms with Crippen LogP contribution in [0, 0.1) is 11.8 Å². The van der Waals surface area contributed by atoms with Crippen molar-refractivity contribution in [1.82, 2.24) is 10.6 Å². The molecule has 0 aliphatic heterocycles. The van der Waals surface area contributed by atoms with E-state index in [-0.39, 0.29) is 101 Å². The molecule has 0 aromatic carbocycles. The van der Waals surface area contributed by atoms with Gasteiger partial charge in [-0.2, -0.15) is 0 Å². The monoisotopic (exact) mass is 705 g/mol. The van der Waals surface area contributed by atoms with E-state index >= 15 is 0 Å². The topological polar surface area (TPSA) is 292 Å². The predicted octanol–water partition coefficient (Wildman–Crippen LogP) is -1.89. The van der Waals surface area contributed by atoms with Crippen LogP contribution in [0.5, 0.6) is 0 Å². The summed E-state index contributed by atoms with van der Waals surface area (Å²) < 4.78 is 15.1. The molecule has 17 nitrogen and oxygen atoms in total. The van der Waals surface area contributed by atoms with Crippen molar-refractivity contribution in [2.75, 3.05) is 32.9 Å². The van der Waals surface area contributed by atoms with Gasteiger partial charge in [0.25, 0.3) is 5.54 Å². The number of halogens is 3. The SMILES string of the molecule is CCOC(=O)C(C#CCCOC(=O)[C@H](CCCN=C(N)N)NC(=O)[C@@H](N)CCCN=C(N)N)(NC(C)=O)C(=O)OCC.Cl.Cl.Cl. The molecule has 0 bridgehead atoms. The van der Waals surface area contributed by atoms with Gasteiger partial charge >= 0.3 is 17.9 Å². The molecule has 0 saturated carbocycles. The van der Waals surface area contributed by atoms with Gasteiger partial charge in [-0.1, -0.05) is 11.8 Å². The number of hydrogen-bond acceptors (Lipinski definition) is 11. The number of nitrogens with zero attached hydrogens (tertiary/aromatic N) is 2. The van der Waals surface area contributed by atoms with E-state index in [9.17, 15) is 24.0 Å². The zero-order valence-corrected chi connectivity index (χ0v) is 27.9. The first kappa shape index (κ1) is 48.2. The third-order valence-electron chi connectivity index (χ3n) is 5.12. The molecule has 0 unspecified atom stereocenters. The molecule has 260 valence electrons. The van der Waals surface area contributed by atoms with Crippen molar-refractivity contribution in [3.8, 4) is 11.8 Å². The van der Waals surface area contributed by atoms with E-state index in [0.717, 1.165) is 6.92 Å². The maximum absolute atomic E-state index is 12.8. The second-order valence-electron chi connectivity index (χ2n) is 8.66. The van der Waals surface area contributed by atoms with Crippen molar-refractivity contribution < 1.29 is 38.2 Å². The molecular formula is C25H46Cl3N9O8. The Hall–Kier alpha value is -3.72. The predicted molar refractivity (Wildman–Crippen MR) is 175 cm³/mol. The van der Waals surface area contributed by atoms with Gasteiger partial charge in [-0.3, -0.25) is 19.6 Å². The summed E-state index contributed by atoms with van der Waals surface area (Å²) in [5.74, 6) is 0.377. The van der Waals surface area contributed by atoms with Crippen molar-refractivity contribution in [2.45, 2.75) is 70.5 Å². The van der Waals surface area contributed by atoms with Gasteiger partial charge in [0.15, 0.2) is 11.9 Å². The Bertz CT molecular complexity index is 1040. The Morgan fingerprint density at radius 3 is 1.76 bits per heavy atom. The van der Waals surface area contributed by atoms with E-state index in [1.807, 2.05) is 0 Å². The van der Waals surface area contributed by atoms with E-state index < -0.39 is 47.3 Å². The minimum absolute atomic E-state index is 0. The summed E-state index contributed by atoms with van der Waals surface area (Å²) in [6.07, 6.45) is 0.999. The zero-order valence-electron chi connectivity index (χ0n) is 25.5. The highest BCUT2D eigenvalue weighted by Crippen LogP contribution is 2.11. The number of aliphatic imine (C=N–C) groups is 2. The van der Waals surface area contributed by atoms with Crippen LogP contribution < -0.4 is 39.3 Å². The molecule has 2 atom stereocenters. The van der Waals surface area contributed by atoms with Crippen molar-refractivity contribution in [3.05, 3.63) is 0 Å². The average Bonchev–Trinajstić information content (AvgIpc) is 2.91. The standard InChI is InChI=1S/C25H43N9O8.3ClH/c1-4-40-21(38)25(34-16(3)35,22(39)41-5-2)12-6-7-15-42-20(37)18(11-9-14-32-24(29)30)33-19(36)17(26)10-8-13-31-23(27)28;;;/h17-18H,4-5,7-11,13-15,26H2,1-3H3,(H,33,36)(H,34,35)(H4,27,28,31)(H4,29,30,32);3*1H/t17-,18-;;;/m0.../s1. The van der Waals surface area contributed by atoms with Gasteiger partial charge in [0.05, 0.1) is 19.3 Å². The molecule has 0 aromatic heterocycles. The fourth-order valence-corrected chi connectivity index (χ4v) is 3.24. The molecule has 45 heavy (non-hydrogen) atoms. The van der Waals surface area contributed by atoms with Crippen molar-refractivity contribution in [3.63, 3.8) is 0 Å². The summed E-state index contributed by atoms with van der Waals surface area (Å²) in [5.41, 5.74) is 24.7. The van der Waals surface area contributed by atoms with Crippen LogP contribution in [-0.4, -0.2) is 92.2 Å². The van der Waals surface area contributed by atoms with Crippen LogP contribution in [0.1, 0.15) is 52.9 Å². The van der Waals surface area contributed by atoms with Crippen molar-refractivity contribution in [1.29, 1.82) is 0 Å². The number of hydrogen-bond donors (Lipinski definition) is 7. The molecular weight excluding hydrogens is 661 g/mol. The van der Waals surface area contributed by atoms with E-state index in [2.05, 4.69) is 32.5 Å². The van der Waals surface area contributed by atoms with E-state index in [4.69, 9.17) is 42.9 Å². The Kier molecular flexibility index (Phi) is 28.6. The lowest BCUT2D eigenvalue weighted by Crippen LogP contribution is -2.60. The van der Waals surface area contributed by atoms with Gasteiger partial charge in [0, 0.05) is 26.4 Å². The molecule has 0 radical (unpaired) electrons. The van der Waals surface area contributed by atoms with Gasteiger partial charge in [0.1, 0.15) is 12.6 Å². The first-order chi connectivity index (χ1) is 19.8. The maximum atomic E-state index is 12.8. The van der Waals surface area contributed by atoms with Crippen molar-refractivity contribution in [2.24, 2.45) is 38.7 Å². The summed E-state index contributed by atoms with van der Waals surface area (Å²) >= 11 is 0. The third-order valence-corrected chi connectivity index (χ3v) is 5.12. The molecule has 0 heterocycles. The largest absolute Gasteiger partial charge is 0.463 e. The van der Waals surface area contributed by atoms with Crippen LogP contribution in [0.25, 0.3) is 0 Å². The molecule has 0 rings (SSSR count). The molecule has 0 aliphatic rings. The Morgan fingerprint density at radius 2 is 1.31 bits per heavy atom. The Labute approximate surface area is 281 Å². The van der Waals surface area contributed by atoms with E-state index in [1.165, 1.54) is 13.8 Å². The Morgan fingerprint density at radius 1 is 0.822 bits per heavy atom. The molecule has 0 spiro atoms. The average molecular weight is 707 g/mol. The molecule has 20 heteroatoms. The van der Waals surface area contributed by atoms with Crippen LogP contribution >= 0.6 is 37.2 Å². The number of esters is 3. The highest BCUT2D eigenvalue weighted by atomic mass is 35.5. The number of ether oxygens (including phenoxy) is 3. The second-order valence-corrected chi connectivity index (χ2v) is 8.66. The van der Waals surface area contributed by atoms with Gasteiger partial charge in [-0.05, 0) is 39.5 Å². The van der Waals surface area contributed by atoms with Crippen LogP contribution in [0.2, 0.25) is 0 Å². The first-order valence-electron chi connectivity index (χ1n) is 13.3. The van der Waals surface area contributed by atoms with Gasteiger partial charge in [-0.25, -0.2) is 14.4 Å².